The summed E-state index contributed by atoms with van der Waals surface area (Å²) in [5.74, 6) is 0. The van der Waals surface area contributed by atoms with Crippen molar-refractivity contribution in [2.45, 2.75) is 30.9 Å². The Kier molecular flexibility index (Phi) is 2.91. The van der Waals surface area contributed by atoms with Crippen molar-refractivity contribution in [1.82, 2.24) is 4.72 Å². The zero-order valence-corrected chi connectivity index (χ0v) is 6.04. The van der Waals surface area contributed by atoms with E-state index >= 15 is 0 Å². The van der Waals surface area contributed by atoms with Crippen LogP contribution in [-0.2, 0) is 4.79 Å². The van der Waals surface area contributed by atoms with Crippen LogP contribution in [0.25, 0.3) is 0 Å². The van der Waals surface area contributed by atoms with Gasteiger partial charge in [-0.3, -0.25) is 9.52 Å². The van der Waals surface area contributed by atoms with Crippen LogP contribution in [-0.4, -0.2) is 11.7 Å². The van der Waals surface area contributed by atoms with Crippen LogP contribution in [0, 0.1) is 0 Å². The summed E-state index contributed by atoms with van der Waals surface area (Å²) >= 11 is 1.51. The van der Waals surface area contributed by atoms with Crippen LogP contribution in [0.4, 0.5) is 0 Å². The summed E-state index contributed by atoms with van der Waals surface area (Å²) in [5, 5.41) is 0.659. The maximum Gasteiger partial charge on any atom is 0.320 e. The molecule has 0 spiro atoms. The highest BCUT2D eigenvalue weighted by Gasteiger charge is 2.14. The summed E-state index contributed by atoms with van der Waals surface area (Å²) in [6.45, 7) is 0. The zero-order valence-electron chi connectivity index (χ0n) is 5.22. The number of rotatable bonds is 3. The van der Waals surface area contributed by atoms with Gasteiger partial charge in [0.1, 0.15) is 0 Å². The minimum atomic E-state index is 0.659. The standard InChI is InChI=1S/C6H10NOS/c8-5-7-9-6-3-1-2-4-6/h6H,1-4H2,(H,7,8). The van der Waals surface area contributed by atoms with Crippen molar-refractivity contribution in [3.05, 3.63) is 0 Å². The van der Waals surface area contributed by atoms with Crippen LogP contribution in [0.1, 0.15) is 25.7 Å². The molecule has 0 unspecified atom stereocenters. The zero-order chi connectivity index (χ0) is 6.53. The van der Waals surface area contributed by atoms with Gasteiger partial charge in [-0.1, -0.05) is 12.8 Å². The average Bonchev–Trinajstić information content (AvgIpc) is 2.34. The lowest BCUT2D eigenvalue weighted by atomic mass is 10.4. The lowest BCUT2D eigenvalue weighted by Gasteiger charge is -2.03. The highest BCUT2D eigenvalue weighted by Crippen LogP contribution is 2.26. The van der Waals surface area contributed by atoms with Gasteiger partial charge in [0, 0.05) is 5.25 Å². The van der Waals surface area contributed by atoms with Gasteiger partial charge in [-0.15, -0.1) is 0 Å². The normalized spacial score (nSPS) is 20.0. The molecule has 0 saturated heterocycles. The Labute approximate surface area is 59.5 Å². The van der Waals surface area contributed by atoms with E-state index in [-0.39, 0.29) is 0 Å². The third-order valence-corrected chi connectivity index (χ3v) is 2.58. The molecule has 1 aliphatic carbocycles. The van der Waals surface area contributed by atoms with Gasteiger partial charge in [-0.25, -0.2) is 0 Å². The summed E-state index contributed by atoms with van der Waals surface area (Å²) in [4.78, 5) is 9.70. The van der Waals surface area contributed by atoms with Crippen LogP contribution in [0.5, 0.6) is 0 Å². The van der Waals surface area contributed by atoms with E-state index < -0.39 is 0 Å². The van der Waals surface area contributed by atoms with Gasteiger partial charge in [0.2, 0.25) is 0 Å². The summed E-state index contributed by atoms with van der Waals surface area (Å²) in [6.07, 6.45) is 6.79. The van der Waals surface area contributed by atoms with Crippen LogP contribution < -0.4 is 4.72 Å². The molecular weight excluding hydrogens is 134 g/mol. The molecule has 0 bridgehead atoms. The molecule has 0 atom stereocenters. The Morgan fingerprint density at radius 2 is 2.11 bits per heavy atom. The summed E-state index contributed by atoms with van der Waals surface area (Å²) < 4.78 is 2.50. The number of carbonyl (C=O) groups excluding carboxylic acids is 1. The van der Waals surface area contributed by atoms with Crippen molar-refractivity contribution < 1.29 is 4.79 Å². The Morgan fingerprint density at radius 3 is 2.67 bits per heavy atom. The molecule has 9 heavy (non-hydrogen) atoms. The van der Waals surface area contributed by atoms with Crippen molar-refractivity contribution in [2.24, 2.45) is 0 Å². The molecule has 1 radical (unpaired) electrons. The second-order valence-electron chi connectivity index (χ2n) is 2.23. The number of nitrogens with one attached hydrogen (secondary N) is 1. The summed E-state index contributed by atoms with van der Waals surface area (Å²) in [6, 6.07) is 0. The van der Waals surface area contributed by atoms with Gasteiger partial charge in [0.05, 0.1) is 0 Å². The second kappa shape index (κ2) is 3.77. The van der Waals surface area contributed by atoms with Gasteiger partial charge in [-0.05, 0) is 24.8 Å². The smallest absolute Gasteiger partial charge is 0.292 e. The largest absolute Gasteiger partial charge is 0.320 e. The van der Waals surface area contributed by atoms with Crippen molar-refractivity contribution in [1.29, 1.82) is 0 Å². The van der Waals surface area contributed by atoms with Gasteiger partial charge >= 0.3 is 6.41 Å². The fourth-order valence-corrected chi connectivity index (χ4v) is 1.90. The molecule has 0 aromatic heterocycles. The minimum absolute atomic E-state index is 0.659. The van der Waals surface area contributed by atoms with E-state index in [0.29, 0.717) is 5.25 Å². The summed E-state index contributed by atoms with van der Waals surface area (Å²) in [5.41, 5.74) is 0. The molecule has 1 rings (SSSR count). The average molecular weight is 144 g/mol. The van der Waals surface area contributed by atoms with Gasteiger partial charge in [0.15, 0.2) is 0 Å². The molecule has 3 heteroatoms. The highest BCUT2D eigenvalue weighted by atomic mass is 32.2. The molecule has 1 aliphatic rings. The number of amides is 1. The molecule has 0 aliphatic heterocycles. The first-order valence-electron chi connectivity index (χ1n) is 3.21. The number of hydrogen-bond donors (Lipinski definition) is 1. The third kappa shape index (κ3) is 2.26. The molecule has 51 valence electrons. The Hall–Kier alpha value is -0.180. The SMILES string of the molecule is O=[C]NSC1CCCC1. The van der Waals surface area contributed by atoms with Crippen molar-refractivity contribution in [2.75, 3.05) is 0 Å². The summed E-state index contributed by atoms with van der Waals surface area (Å²) in [7, 11) is 0. The Balaban J connectivity index is 2.04. The lowest BCUT2D eigenvalue weighted by Crippen LogP contribution is -2.06. The molecule has 0 aromatic rings. The van der Waals surface area contributed by atoms with Crippen LogP contribution in [0.2, 0.25) is 0 Å². The van der Waals surface area contributed by atoms with Crippen LogP contribution in [0.15, 0.2) is 0 Å². The van der Waals surface area contributed by atoms with Gasteiger partial charge < -0.3 is 0 Å². The molecule has 1 amide bonds. The van der Waals surface area contributed by atoms with Crippen molar-refractivity contribution in [3.63, 3.8) is 0 Å². The Morgan fingerprint density at radius 1 is 1.44 bits per heavy atom. The van der Waals surface area contributed by atoms with Crippen molar-refractivity contribution in [3.8, 4) is 0 Å². The van der Waals surface area contributed by atoms with E-state index in [0.717, 1.165) is 0 Å². The minimum Gasteiger partial charge on any atom is -0.292 e. The van der Waals surface area contributed by atoms with E-state index in [1.165, 1.54) is 37.6 Å². The third-order valence-electron chi connectivity index (χ3n) is 1.57. The quantitative estimate of drug-likeness (QED) is 0.477. The fraction of sp³-hybridized carbons (Fsp3) is 0.833. The van der Waals surface area contributed by atoms with E-state index in [9.17, 15) is 4.79 Å². The van der Waals surface area contributed by atoms with Crippen LogP contribution >= 0.6 is 11.9 Å². The molecule has 0 aromatic carbocycles. The topological polar surface area (TPSA) is 29.1 Å². The van der Waals surface area contributed by atoms with E-state index in [1.807, 2.05) is 0 Å². The molecule has 1 fully saturated rings. The van der Waals surface area contributed by atoms with Gasteiger partial charge in [0.25, 0.3) is 0 Å². The maximum atomic E-state index is 9.70. The molecular formula is C6H10NOS. The van der Waals surface area contributed by atoms with Crippen molar-refractivity contribution >= 4 is 18.4 Å². The monoisotopic (exact) mass is 144 g/mol. The van der Waals surface area contributed by atoms with Crippen LogP contribution in [0.3, 0.4) is 0 Å². The fourth-order valence-electron chi connectivity index (χ4n) is 1.11. The predicted molar refractivity (Wildman–Crippen MR) is 38.7 cm³/mol. The van der Waals surface area contributed by atoms with Gasteiger partial charge in [-0.2, -0.15) is 0 Å². The first-order valence-corrected chi connectivity index (χ1v) is 4.09. The molecule has 1 N–H and O–H groups in total. The first kappa shape index (κ1) is 6.93. The molecule has 1 saturated carbocycles. The first-order chi connectivity index (χ1) is 4.43. The maximum absolute atomic E-state index is 9.70. The highest BCUT2D eigenvalue weighted by molar-refractivity contribution is 7.98. The second-order valence-corrected chi connectivity index (χ2v) is 3.33. The lowest BCUT2D eigenvalue weighted by molar-refractivity contribution is 0.554. The molecule has 2 nitrogen and oxygen atoms in total. The predicted octanol–water partition coefficient (Wildman–Crippen LogP) is 1.23. The van der Waals surface area contributed by atoms with E-state index in [4.69, 9.17) is 0 Å². The number of hydrogen-bond acceptors (Lipinski definition) is 2. The van der Waals surface area contributed by atoms with E-state index in [1.54, 1.807) is 6.41 Å². The molecule has 0 heterocycles. The van der Waals surface area contributed by atoms with E-state index in [2.05, 4.69) is 4.72 Å². The Bertz CT molecular complexity index is 91.1.